The molecule has 1 aliphatic heterocycles. The van der Waals surface area contributed by atoms with Crippen molar-refractivity contribution in [3.63, 3.8) is 0 Å². The van der Waals surface area contributed by atoms with Gasteiger partial charge >= 0.3 is 5.97 Å². The van der Waals surface area contributed by atoms with Crippen LogP contribution in [0.5, 0.6) is 34.5 Å². The van der Waals surface area contributed by atoms with Crippen LogP contribution in [-0.4, -0.2) is 77.2 Å². The highest BCUT2D eigenvalue weighted by atomic mass is 16.5. The third-order valence-corrected chi connectivity index (χ3v) is 9.14. The summed E-state index contributed by atoms with van der Waals surface area (Å²) in [6.07, 6.45) is 5.63. The monoisotopic (exact) mass is 743 g/mol. The van der Waals surface area contributed by atoms with Crippen LogP contribution >= 0.6 is 0 Å². The number of allylic oxidation sites excluding steroid dienone is 1. The summed E-state index contributed by atoms with van der Waals surface area (Å²) in [7, 11) is 4.32. The molecule has 1 aliphatic rings. The number of ketones is 1. The minimum Gasteiger partial charge on any atom is -0.507 e. The number of esters is 1. The van der Waals surface area contributed by atoms with Crippen LogP contribution in [0.15, 0.2) is 53.0 Å². The van der Waals surface area contributed by atoms with Gasteiger partial charge in [-0.3, -0.25) is 9.59 Å². The smallest absolute Gasteiger partial charge is 0.342 e. The number of rotatable bonds is 11. The summed E-state index contributed by atoms with van der Waals surface area (Å²) in [5.74, 6) is -1.96. The third-order valence-electron chi connectivity index (χ3n) is 9.14. The van der Waals surface area contributed by atoms with Gasteiger partial charge in [-0.25, -0.2) is 4.79 Å². The average Bonchev–Trinajstić information content (AvgIpc) is 3.61. The number of carbonyl (C=O) groups excluding carboxylic acids is 3. The van der Waals surface area contributed by atoms with E-state index in [0.29, 0.717) is 49.7 Å². The van der Waals surface area contributed by atoms with Gasteiger partial charge in [0.25, 0.3) is 5.89 Å². The van der Waals surface area contributed by atoms with Gasteiger partial charge < -0.3 is 44.0 Å². The first-order chi connectivity index (χ1) is 26.0. The van der Waals surface area contributed by atoms with Crippen LogP contribution in [0.1, 0.15) is 90.7 Å². The number of Topliss-reactive ketones (excluding diaryl/α,β-unsaturated/α-hetero) is 1. The molecule has 14 nitrogen and oxygen atoms in total. The number of cyclic esters (lactones) is 1. The molecule has 2 atom stereocenters. The predicted molar refractivity (Wildman–Crippen MR) is 197 cm³/mol. The Balaban J connectivity index is 1.50. The molecule has 286 valence electrons. The van der Waals surface area contributed by atoms with Crippen molar-refractivity contribution in [1.29, 1.82) is 0 Å². The number of hydrogen-bond donors (Lipinski definition) is 4. The normalized spacial score (nSPS) is 16.3. The molecule has 54 heavy (non-hydrogen) atoms. The summed E-state index contributed by atoms with van der Waals surface area (Å²) < 4.78 is 28.1. The molecule has 14 heteroatoms. The second-order valence-corrected chi connectivity index (χ2v) is 12.9. The summed E-state index contributed by atoms with van der Waals surface area (Å²) in [6.45, 7) is 1.80. The molecule has 1 unspecified atom stereocenters. The fourth-order valence-corrected chi connectivity index (χ4v) is 6.39. The van der Waals surface area contributed by atoms with Crippen LogP contribution in [0, 0.1) is 0 Å². The first-order valence-electron chi connectivity index (χ1n) is 17.7. The Hall–Kier alpha value is -6.05. The molecular formula is C40H45N3O11. The fraction of sp³-hybridized carbons (Fsp3) is 0.375. The predicted octanol–water partition coefficient (Wildman–Crippen LogP) is 6.24. The van der Waals surface area contributed by atoms with E-state index in [1.54, 1.807) is 49.4 Å². The van der Waals surface area contributed by atoms with Crippen LogP contribution in [0.2, 0.25) is 0 Å². The van der Waals surface area contributed by atoms with E-state index in [4.69, 9.17) is 23.4 Å². The zero-order valence-corrected chi connectivity index (χ0v) is 30.7. The Bertz CT molecular complexity index is 1980. The van der Waals surface area contributed by atoms with E-state index in [-0.39, 0.29) is 82.4 Å². The lowest BCUT2D eigenvalue weighted by Crippen LogP contribution is -2.27. The zero-order chi connectivity index (χ0) is 38.8. The summed E-state index contributed by atoms with van der Waals surface area (Å²) in [6, 6.07) is 11.1. The van der Waals surface area contributed by atoms with Crippen LogP contribution in [0.4, 0.5) is 0 Å². The van der Waals surface area contributed by atoms with Crippen molar-refractivity contribution in [3.05, 3.63) is 76.7 Å². The number of hydrogen-bond acceptors (Lipinski definition) is 13. The molecule has 5 rings (SSSR count). The Kier molecular flexibility index (Phi) is 13.1. The Morgan fingerprint density at radius 3 is 2.39 bits per heavy atom. The molecule has 0 spiro atoms. The van der Waals surface area contributed by atoms with E-state index in [1.165, 1.54) is 33.5 Å². The van der Waals surface area contributed by atoms with E-state index >= 15 is 0 Å². The molecule has 0 radical (unpaired) electrons. The van der Waals surface area contributed by atoms with E-state index in [2.05, 4.69) is 15.5 Å². The largest absolute Gasteiger partial charge is 0.507 e. The summed E-state index contributed by atoms with van der Waals surface area (Å²) in [5.41, 5.74) is 0.723. The van der Waals surface area contributed by atoms with Crippen LogP contribution < -0.4 is 19.5 Å². The van der Waals surface area contributed by atoms with E-state index < -0.39 is 29.6 Å². The van der Waals surface area contributed by atoms with Crippen molar-refractivity contribution >= 4 is 23.7 Å². The summed E-state index contributed by atoms with van der Waals surface area (Å²) in [4.78, 5) is 39.7. The van der Waals surface area contributed by atoms with Gasteiger partial charge in [0.2, 0.25) is 17.5 Å². The van der Waals surface area contributed by atoms with Gasteiger partial charge in [-0.15, -0.1) is 10.2 Å². The molecule has 0 bridgehead atoms. The number of nitrogens with one attached hydrogen (secondary N) is 1. The Labute approximate surface area is 312 Å². The molecule has 2 heterocycles. The zero-order valence-electron chi connectivity index (χ0n) is 30.7. The van der Waals surface area contributed by atoms with Crippen molar-refractivity contribution in [1.82, 2.24) is 15.5 Å². The highest BCUT2D eigenvalue weighted by molar-refractivity contribution is 5.98. The number of fused-ring (bicyclic) bond motifs is 1. The van der Waals surface area contributed by atoms with E-state index in [1.807, 2.05) is 0 Å². The molecule has 0 saturated heterocycles. The maximum atomic E-state index is 13.8. The number of amides is 1. The summed E-state index contributed by atoms with van der Waals surface area (Å²) in [5, 5.41) is 44.5. The van der Waals surface area contributed by atoms with Gasteiger partial charge in [-0.1, -0.05) is 24.3 Å². The number of aromatic nitrogens is 2. The maximum absolute atomic E-state index is 13.8. The Morgan fingerprint density at radius 1 is 0.963 bits per heavy atom. The molecule has 4 aromatic rings. The minimum absolute atomic E-state index is 0.0157. The third kappa shape index (κ3) is 9.29. The highest BCUT2D eigenvalue weighted by Gasteiger charge is 2.32. The molecule has 1 aromatic heterocycles. The van der Waals surface area contributed by atoms with Gasteiger partial charge in [0.15, 0.2) is 11.5 Å². The number of phenolic OH excluding ortho intramolecular Hbond substituents is 3. The second kappa shape index (κ2) is 18.1. The number of para-hydroxylation sites is 1. The van der Waals surface area contributed by atoms with Crippen molar-refractivity contribution in [2.24, 2.45) is 0 Å². The maximum Gasteiger partial charge on any atom is 0.342 e. The Morgan fingerprint density at radius 2 is 1.69 bits per heavy atom. The van der Waals surface area contributed by atoms with Crippen LogP contribution in [0.25, 0.3) is 17.5 Å². The number of carbonyl (C=O) groups is 3. The number of phenols is 3. The number of ether oxygens (including phenoxy) is 4. The molecule has 1 amide bonds. The number of benzene rings is 3. The first-order valence-corrected chi connectivity index (χ1v) is 17.7. The van der Waals surface area contributed by atoms with Crippen molar-refractivity contribution < 1.29 is 53.1 Å². The molecule has 0 aliphatic carbocycles. The molecule has 0 fully saturated rings. The van der Waals surface area contributed by atoms with E-state index in [9.17, 15) is 29.7 Å². The highest BCUT2D eigenvalue weighted by Crippen LogP contribution is 2.47. The van der Waals surface area contributed by atoms with Crippen molar-refractivity contribution in [2.45, 2.75) is 70.3 Å². The van der Waals surface area contributed by atoms with E-state index in [0.717, 1.165) is 0 Å². The summed E-state index contributed by atoms with van der Waals surface area (Å²) >= 11 is 0. The van der Waals surface area contributed by atoms with Gasteiger partial charge in [-0.05, 0) is 74.1 Å². The van der Waals surface area contributed by atoms with Gasteiger partial charge in [-0.2, -0.15) is 0 Å². The van der Waals surface area contributed by atoms with Crippen molar-refractivity contribution in [2.75, 3.05) is 27.9 Å². The molecule has 4 N–H and O–H groups in total. The van der Waals surface area contributed by atoms with Gasteiger partial charge in [0, 0.05) is 43.7 Å². The lowest BCUT2D eigenvalue weighted by atomic mass is 9.84. The van der Waals surface area contributed by atoms with Crippen LogP contribution in [-0.2, 0) is 20.7 Å². The average molecular weight is 744 g/mol. The topological polar surface area (TPSA) is 200 Å². The number of methoxy groups -OCH3 is 3. The quantitative estimate of drug-likeness (QED) is 0.126. The SMILES string of the molecule is COc1cc(C(CC(=O)NCCc2nnc(-c3ccccc3O)o2)c2c(O)cc3c(c2O)C(=O)O[C@@H](C)CCCC(=O)CCC/C=C/3)cc(OC)c1OC. The minimum atomic E-state index is -1.05. The molecule has 0 saturated carbocycles. The molecular weight excluding hydrogens is 698 g/mol. The molecule has 3 aromatic carbocycles. The number of nitrogens with zero attached hydrogens (tertiary/aromatic N) is 2. The first kappa shape index (κ1) is 39.2. The standard InChI is InChI=1S/C40H45N3O11/c1-23-11-10-14-26(44)13-7-5-6-12-24-19-30(46)36(37(48)35(24)40(49)53-23)28(25-20-31(50-2)38(52-4)32(21-25)51-3)22-33(47)41-18-17-34-42-43-39(54-34)27-15-8-9-16-29(27)45/h6,8-9,12,15-16,19-21,23,28,45-46,48H,5,7,10-11,13-14,17-18,22H2,1-4H3,(H,41,47)/b12-6+/t23-,28?/m0/s1. The van der Waals surface area contributed by atoms with Crippen molar-refractivity contribution in [3.8, 4) is 46.0 Å². The number of aromatic hydroxyl groups is 3. The fourth-order valence-electron chi connectivity index (χ4n) is 6.39. The lowest BCUT2D eigenvalue weighted by Gasteiger charge is -2.24. The second-order valence-electron chi connectivity index (χ2n) is 12.9. The van der Waals surface area contributed by atoms with Gasteiger partial charge in [0.1, 0.15) is 28.6 Å². The van der Waals surface area contributed by atoms with Crippen LogP contribution in [0.3, 0.4) is 0 Å². The van der Waals surface area contributed by atoms with Gasteiger partial charge in [0.05, 0.1) is 33.0 Å². The lowest BCUT2D eigenvalue weighted by molar-refractivity contribution is -0.121.